The molecular formula is C21H23BrN4O2S. The highest BCUT2D eigenvalue weighted by atomic mass is 79.9. The van der Waals surface area contributed by atoms with E-state index in [-0.39, 0.29) is 0 Å². The highest BCUT2D eigenvalue weighted by Gasteiger charge is 2.09. The fourth-order valence-corrected chi connectivity index (χ4v) is 3.66. The Morgan fingerprint density at radius 3 is 2.66 bits per heavy atom. The monoisotopic (exact) mass is 474 g/mol. The predicted molar refractivity (Wildman–Crippen MR) is 120 cm³/mol. The SMILES string of the molecule is CCCOc1ccc(/C=N/n2c(C)nnc2SCc2ccc(Br)cc2)cc1OC. The maximum Gasteiger partial charge on any atom is 0.212 e. The molecule has 3 aromatic rings. The molecule has 0 amide bonds. The third-order valence-electron chi connectivity index (χ3n) is 4.02. The molecule has 0 atom stereocenters. The van der Waals surface area contributed by atoms with Crippen LogP contribution in [0, 0.1) is 6.92 Å². The third-order valence-corrected chi connectivity index (χ3v) is 5.54. The Bertz CT molecular complexity index is 973. The Labute approximate surface area is 183 Å². The number of hydrogen-bond donors (Lipinski definition) is 0. The number of methoxy groups -OCH3 is 1. The predicted octanol–water partition coefficient (Wildman–Crippen LogP) is 5.32. The van der Waals surface area contributed by atoms with Gasteiger partial charge in [-0.2, -0.15) is 9.78 Å². The van der Waals surface area contributed by atoms with E-state index in [1.165, 1.54) is 5.56 Å². The minimum atomic E-state index is 0.655. The van der Waals surface area contributed by atoms with E-state index >= 15 is 0 Å². The van der Waals surface area contributed by atoms with E-state index in [4.69, 9.17) is 9.47 Å². The lowest BCUT2D eigenvalue weighted by Crippen LogP contribution is -1.99. The second-order valence-electron chi connectivity index (χ2n) is 6.26. The van der Waals surface area contributed by atoms with Gasteiger partial charge in [-0.25, -0.2) is 0 Å². The largest absolute Gasteiger partial charge is 0.493 e. The Morgan fingerprint density at radius 2 is 1.93 bits per heavy atom. The summed E-state index contributed by atoms with van der Waals surface area (Å²) in [7, 11) is 1.63. The lowest BCUT2D eigenvalue weighted by atomic mass is 10.2. The topological polar surface area (TPSA) is 61.5 Å². The van der Waals surface area contributed by atoms with Crippen LogP contribution in [0.3, 0.4) is 0 Å². The van der Waals surface area contributed by atoms with Crippen molar-refractivity contribution in [2.45, 2.75) is 31.2 Å². The van der Waals surface area contributed by atoms with E-state index in [2.05, 4.69) is 50.3 Å². The maximum absolute atomic E-state index is 5.70. The molecule has 8 heteroatoms. The van der Waals surface area contributed by atoms with Gasteiger partial charge >= 0.3 is 0 Å². The van der Waals surface area contributed by atoms with Crippen LogP contribution < -0.4 is 9.47 Å². The summed E-state index contributed by atoms with van der Waals surface area (Å²) in [4.78, 5) is 0. The average molecular weight is 475 g/mol. The lowest BCUT2D eigenvalue weighted by molar-refractivity contribution is 0.294. The van der Waals surface area contributed by atoms with Crippen molar-refractivity contribution in [3.8, 4) is 11.5 Å². The molecule has 6 nitrogen and oxygen atoms in total. The number of rotatable bonds is 9. The molecule has 0 radical (unpaired) electrons. The number of nitrogens with zero attached hydrogens (tertiary/aromatic N) is 4. The van der Waals surface area contributed by atoms with Crippen LogP contribution in [0.5, 0.6) is 11.5 Å². The van der Waals surface area contributed by atoms with Crippen molar-refractivity contribution in [3.63, 3.8) is 0 Å². The molecular weight excluding hydrogens is 452 g/mol. The van der Waals surface area contributed by atoms with E-state index < -0.39 is 0 Å². The molecule has 1 heterocycles. The van der Waals surface area contributed by atoms with Crippen molar-refractivity contribution in [1.29, 1.82) is 0 Å². The van der Waals surface area contributed by atoms with E-state index in [1.807, 2.05) is 37.3 Å². The van der Waals surface area contributed by atoms with E-state index in [9.17, 15) is 0 Å². The van der Waals surface area contributed by atoms with Crippen LogP contribution in [-0.4, -0.2) is 34.8 Å². The van der Waals surface area contributed by atoms with Crippen LogP contribution in [0.2, 0.25) is 0 Å². The van der Waals surface area contributed by atoms with Gasteiger partial charge in [0.2, 0.25) is 5.16 Å². The molecule has 0 bridgehead atoms. The quantitative estimate of drug-likeness (QED) is 0.310. The van der Waals surface area contributed by atoms with Gasteiger partial charge in [0.25, 0.3) is 0 Å². The molecule has 0 spiro atoms. The van der Waals surface area contributed by atoms with Gasteiger partial charge in [-0.05, 0) is 54.8 Å². The number of aryl methyl sites for hydroxylation is 1. The molecule has 0 fully saturated rings. The van der Waals surface area contributed by atoms with Gasteiger partial charge in [-0.3, -0.25) is 0 Å². The van der Waals surface area contributed by atoms with Gasteiger partial charge in [-0.1, -0.05) is 46.7 Å². The van der Waals surface area contributed by atoms with Gasteiger partial charge in [-0.15, -0.1) is 10.2 Å². The fraction of sp³-hybridized carbons (Fsp3) is 0.286. The first kappa shape index (κ1) is 21.4. The van der Waals surface area contributed by atoms with Gasteiger partial charge < -0.3 is 9.47 Å². The van der Waals surface area contributed by atoms with Crippen LogP contribution in [0.25, 0.3) is 0 Å². The van der Waals surface area contributed by atoms with Gasteiger partial charge in [0.15, 0.2) is 17.3 Å². The van der Waals surface area contributed by atoms with E-state index in [1.54, 1.807) is 29.8 Å². The number of aromatic nitrogens is 3. The first-order valence-electron chi connectivity index (χ1n) is 9.25. The average Bonchev–Trinajstić information content (AvgIpc) is 3.10. The molecule has 152 valence electrons. The molecule has 0 unspecified atom stereocenters. The summed E-state index contributed by atoms with van der Waals surface area (Å²) in [6.45, 7) is 4.61. The van der Waals surface area contributed by atoms with Crippen LogP contribution >= 0.6 is 27.7 Å². The number of hydrogen-bond acceptors (Lipinski definition) is 6. The van der Waals surface area contributed by atoms with Crippen molar-refractivity contribution in [1.82, 2.24) is 14.9 Å². The Kier molecular flexibility index (Phi) is 7.71. The molecule has 2 aromatic carbocycles. The second-order valence-corrected chi connectivity index (χ2v) is 8.12. The van der Waals surface area contributed by atoms with Gasteiger partial charge in [0, 0.05) is 10.2 Å². The Hall–Kier alpha value is -2.32. The lowest BCUT2D eigenvalue weighted by Gasteiger charge is -2.10. The minimum absolute atomic E-state index is 0.655. The summed E-state index contributed by atoms with van der Waals surface area (Å²) in [5, 5.41) is 13.7. The molecule has 1 aromatic heterocycles. The van der Waals surface area contributed by atoms with Crippen LogP contribution in [0.1, 0.15) is 30.3 Å². The highest BCUT2D eigenvalue weighted by molar-refractivity contribution is 9.10. The Balaban J connectivity index is 1.73. The summed E-state index contributed by atoms with van der Waals surface area (Å²) in [6.07, 6.45) is 2.71. The van der Waals surface area contributed by atoms with Gasteiger partial charge in [0.1, 0.15) is 0 Å². The van der Waals surface area contributed by atoms with Crippen LogP contribution in [0.15, 0.2) is 57.2 Å². The van der Waals surface area contributed by atoms with Crippen molar-refractivity contribution in [2.24, 2.45) is 5.10 Å². The molecule has 0 saturated heterocycles. The van der Waals surface area contributed by atoms with E-state index in [0.29, 0.717) is 12.4 Å². The van der Waals surface area contributed by atoms with Crippen molar-refractivity contribution >= 4 is 33.9 Å². The van der Waals surface area contributed by atoms with Crippen molar-refractivity contribution in [3.05, 3.63) is 63.9 Å². The van der Waals surface area contributed by atoms with Crippen LogP contribution in [0.4, 0.5) is 0 Å². The van der Waals surface area contributed by atoms with Crippen molar-refractivity contribution < 1.29 is 9.47 Å². The normalized spacial score (nSPS) is 11.2. The molecule has 0 N–H and O–H groups in total. The maximum atomic E-state index is 5.70. The summed E-state index contributed by atoms with van der Waals surface area (Å²) >= 11 is 5.05. The molecule has 0 aliphatic heterocycles. The number of ether oxygens (including phenoxy) is 2. The molecule has 0 saturated carbocycles. The number of thioether (sulfide) groups is 1. The summed E-state index contributed by atoms with van der Waals surface area (Å²) in [5.41, 5.74) is 2.12. The zero-order chi connectivity index (χ0) is 20.6. The summed E-state index contributed by atoms with van der Waals surface area (Å²) in [5.74, 6) is 2.94. The highest BCUT2D eigenvalue weighted by Crippen LogP contribution is 2.28. The standard InChI is InChI=1S/C21H23BrN4O2S/c1-4-11-28-19-10-7-17(12-20(19)27-3)13-23-26-15(2)24-25-21(26)29-14-16-5-8-18(22)9-6-16/h5-10,12-13H,4,11,14H2,1-3H3/b23-13+. The second kappa shape index (κ2) is 10.5. The van der Waals surface area contributed by atoms with Crippen LogP contribution in [-0.2, 0) is 5.75 Å². The summed E-state index contributed by atoms with van der Waals surface area (Å²) in [6, 6.07) is 14.0. The number of halogens is 1. The number of benzene rings is 2. The summed E-state index contributed by atoms with van der Waals surface area (Å²) < 4.78 is 14.0. The van der Waals surface area contributed by atoms with Crippen molar-refractivity contribution in [2.75, 3.05) is 13.7 Å². The Morgan fingerprint density at radius 1 is 1.14 bits per heavy atom. The molecule has 29 heavy (non-hydrogen) atoms. The van der Waals surface area contributed by atoms with E-state index in [0.717, 1.165) is 38.9 Å². The van der Waals surface area contributed by atoms with Gasteiger partial charge in [0.05, 0.1) is 19.9 Å². The third kappa shape index (κ3) is 5.83. The molecule has 3 rings (SSSR count). The zero-order valence-corrected chi connectivity index (χ0v) is 19.0. The zero-order valence-electron chi connectivity index (χ0n) is 16.6. The first-order valence-corrected chi connectivity index (χ1v) is 11.0. The molecule has 0 aliphatic rings. The minimum Gasteiger partial charge on any atom is -0.493 e. The first-order chi connectivity index (χ1) is 14.1. The fourth-order valence-electron chi connectivity index (χ4n) is 2.51. The molecule has 0 aliphatic carbocycles. The smallest absolute Gasteiger partial charge is 0.212 e.